The molecular formula is C10H15NOS. The Kier molecular flexibility index (Phi) is 4.28. The van der Waals surface area contributed by atoms with Gasteiger partial charge in [0.05, 0.1) is 6.10 Å². The molecule has 72 valence electrons. The zero-order valence-corrected chi connectivity index (χ0v) is 8.55. The maximum absolute atomic E-state index is 9.42. The minimum absolute atomic E-state index is 0.278. The molecule has 0 aliphatic heterocycles. The molecule has 3 heteroatoms. The van der Waals surface area contributed by atoms with Gasteiger partial charge in [0.1, 0.15) is 0 Å². The first-order valence-electron chi connectivity index (χ1n) is 4.38. The summed E-state index contributed by atoms with van der Waals surface area (Å²) in [5.74, 6) is 1.07. The Morgan fingerprint density at radius 1 is 1.38 bits per heavy atom. The van der Waals surface area contributed by atoms with Crippen LogP contribution in [0.25, 0.3) is 0 Å². The third kappa shape index (κ3) is 3.03. The number of benzene rings is 1. The molecule has 2 nitrogen and oxygen atoms in total. The molecule has 0 aliphatic rings. The molecule has 3 N–H and O–H groups in total. The lowest BCUT2D eigenvalue weighted by molar-refractivity contribution is 0.186. The van der Waals surface area contributed by atoms with Gasteiger partial charge in [-0.3, -0.25) is 0 Å². The number of thioether (sulfide) groups is 1. The van der Waals surface area contributed by atoms with E-state index in [0.29, 0.717) is 0 Å². The van der Waals surface area contributed by atoms with E-state index in [-0.39, 0.29) is 6.54 Å². The predicted octanol–water partition coefficient (Wildman–Crippen LogP) is 1.79. The van der Waals surface area contributed by atoms with Crippen LogP contribution in [-0.4, -0.2) is 17.4 Å². The van der Waals surface area contributed by atoms with E-state index in [1.54, 1.807) is 11.8 Å². The second-order valence-electron chi connectivity index (χ2n) is 2.75. The lowest BCUT2D eigenvalue weighted by Crippen LogP contribution is -2.11. The van der Waals surface area contributed by atoms with Crippen molar-refractivity contribution in [2.45, 2.75) is 17.9 Å². The Bertz CT molecular complexity index is 248. The van der Waals surface area contributed by atoms with Crippen LogP contribution in [0.5, 0.6) is 0 Å². The minimum atomic E-state index is -0.527. The molecule has 0 radical (unpaired) electrons. The summed E-state index contributed by atoms with van der Waals surface area (Å²) in [5.41, 5.74) is 6.24. The first-order chi connectivity index (χ1) is 6.27. The summed E-state index contributed by atoms with van der Waals surface area (Å²) in [6.45, 7) is 2.40. The maximum Gasteiger partial charge on any atom is 0.0912 e. The number of rotatable bonds is 4. The number of hydrogen-bond donors (Lipinski definition) is 2. The van der Waals surface area contributed by atoms with E-state index < -0.39 is 6.10 Å². The molecule has 0 bridgehead atoms. The van der Waals surface area contributed by atoms with Crippen LogP contribution < -0.4 is 5.73 Å². The van der Waals surface area contributed by atoms with Crippen molar-refractivity contribution in [3.05, 3.63) is 29.8 Å². The fourth-order valence-corrected chi connectivity index (χ4v) is 1.75. The zero-order chi connectivity index (χ0) is 9.68. The Morgan fingerprint density at radius 2 is 2.00 bits per heavy atom. The lowest BCUT2D eigenvalue weighted by atomic mass is 10.1. The van der Waals surface area contributed by atoms with Gasteiger partial charge in [0.2, 0.25) is 0 Å². The normalized spacial score (nSPS) is 12.8. The van der Waals surface area contributed by atoms with E-state index in [9.17, 15) is 5.11 Å². The first kappa shape index (κ1) is 10.6. The second-order valence-corrected chi connectivity index (χ2v) is 4.09. The van der Waals surface area contributed by atoms with Gasteiger partial charge in [-0.2, -0.15) is 0 Å². The molecule has 0 heterocycles. The molecular weight excluding hydrogens is 182 g/mol. The monoisotopic (exact) mass is 197 g/mol. The molecule has 0 saturated heterocycles. The molecule has 0 saturated carbocycles. The highest BCUT2D eigenvalue weighted by molar-refractivity contribution is 7.99. The SMILES string of the molecule is CCSc1ccc(C(O)CN)cc1. The quantitative estimate of drug-likeness (QED) is 0.723. The van der Waals surface area contributed by atoms with E-state index in [1.807, 2.05) is 24.3 Å². The highest BCUT2D eigenvalue weighted by Crippen LogP contribution is 2.20. The maximum atomic E-state index is 9.42. The van der Waals surface area contributed by atoms with Crippen molar-refractivity contribution < 1.29 is 5.11 Å². The van der Waals surface area contributed by atoms with Gasteiger partial charge in [-0.1, -0.05) is 19.1 Å². The lowest BCUT2D eigenvalue weighted by Gasteiger charge is -2.08. The van der Waals surface area contributed by atoms with Crippen molar-refractivity contribution in [3.63, 3.8) is 0 Å². The molecule has 0 aliphatic carbocycles. The van der Waals surface area contributed by atoms with Crippen LogP contribution in [0.4, 0.5) is 0 Å². The molecule has 0 spiro atoms. The van der Waals surface area contributed by atoms with Crippen molar-refractivity contribution in [2.75, 3.05) is 12.3 Å². The summed E-state index contributed by atoms with van der Waals surface area (Å²) in [6, 6.07) is 7.88. The molecule has 1 atom stereocenters. The summed E-state index contributed by atoms with van der Waals surface area (Å²) < 4.78 is 0. The summed E-state index contributed by atoms with van der Waals surface area (Å²) in [6.07, 6.45) is -0.527. The van der Waals surface area contributed by atoms with E-state index in [1.165, 1.54) is 4.90 Å². The van der Waals surface area contributed by atoms with Crippen molar-refractivity contribution in [2.24, 2.45) is 5.73 Å². The predicted molar refractivity (Wildman–Crippen MR) is 56.9 cm³/mol. The summed E-state index contributed by atoms with van der Waals surface area (Å²) in [4.78, 5) is 1.23. The van der Waals surface area contributed by atoms with E-state index in [2.05, 4.69) is 6.92 Å². The summed E-state index contributed by atoms with van der Waals surface area (Å²) in [7, 11) is 0. The zero-order valence-electron chi connectivity index (χ0n) is 7.73. The standard InChI is InChI=1S/C10H15NOS/c1-2-13-9-5-3-8(4-6-9)10(12)7-11/h3-6,10,12H,2,7,11H2,1H3. The minimum Gasteiger partial charge on any atom is -0.387 e. The number of nitrogens with two attached hydrogens (primary N) is 1. The van der Waals surface area contributed by atoms with Crippen molar-refractivity contribution in [1.29, 1.82) is 0 Å². The van der Waals surface area contributed by atoms with E-state index in [0.717, 1.165) is 11.3 Å². The molecule has 1 unspecified atom stereocenters. The molecule has 0 aromatic heterocycles. The highest BCUT2D eigenvalue weighted by Gasteiger charge is 2.03. The van der Waals surface area contributed by atoms with Crippen molar-refractivity contribution >= 4 is 11.8 Å². The van der Waals surface area contributed by atoms with Crippen LogP contribution >= 0.6 is 11.8 Å². The average molecular weight is 197 g/mol. The fourth-order valence-electron chi connectivity index (χ4n) is 1.09. The molecule has 1 aromatic carbocycles. The second kappa shape index (κ2) is 5.27. The number of hydrogen-bond acceptors (Lipinski definition) is 3. The number of aliphatic hydroxyl groups is 1. The average Bonchev–Trinajstić information content (AvgIpc) is 2.18. The van der Waals surface area contributed by atoms with Crippen molar-refractivity contribution in [1.82, 2.24) is 0 Å². The van der Waals surface area contributed by atoms with Gasteiger partial charge in [0.25, 0.3) is 0 Å². The van der Waals surface area contributed by atoms with Gasteiger partial charge in [0.15, 0.2) is 0 Å². The Labute approximate surface area is 83.1 Å². The smallest absolute Gasteiger partial charge is 0.0912 e. The van der Waals surface area contributed by atoms with Gasteiger partial charge in [-0.05, 0) is 23.4 Å². The summed E-state index contributed by atoms with van der Waals surface area (Å²) in [5, 5.41) is 9.42. The molecule has 0 amide bonds. The summed E-state index contributed by atoms with van der Waals surface area (Å²) >= 11 is 1.79. The number of aliphatic hydroxyl groups excluding tert-OH is 1. The van der Waals surface area contributed by atoms with Gasteiger partial charge in [-0.25, -0.2) is 0 Å². The largest absolute Gasteiger partial charge is 0.387 e. The Hall–Kier alpha value is -0.510. The van der Waals surface area contributed by atoms with Crippen LogP contribution in [0.1, 0.15) is 18.6 Å². The topological polar surface area (TPSA) is 46.2 Å². The van der Waals surface area contributed by atoms with Gasteiger partial charge >= 0.3 is 0 Å². The van der Waals surface area contributed by atoms with Crippen LogP contribution in [0.3, 0.4) is 0 Å². The third-order valence-electron chi connectivity index (χ3n) is 1.80. The van der Waals surface area contributed by atoms with E-state index in [4.69, 9.17) is 5.73 Å². The van der Waals surface area contributed by atoms with Crippen molar-refractivity contribution in [3.8, 4) is 0 Å². The molecule has 1 aromatic rings. The van der Waals surface area contributed by atoms with Crippen LogP contribution in [0.2, 0.25) is 0 Å². The highest BCUT2D eigenvalue weighted by atomic mass is 32.2. The van der Waals surface area contributed by atoms with Crippen LogP contribution in [-0.2, 0) is 0 Å². The van der Waals surface area contributed by atoms with Gasteiger partial charge in [-0.15, -0.1) is 11.8 Å². The molecule has 13 heavy (non-hydrogen) atoms. The fraction of sp³-hybridized carbons (Fsp3) is 0.400. The van der Waals surface area contributed by atoms with Gasteiger partial charge in [0, 0.05) is 11.4 Å². The molecule has 1 rings (SSSR count). The third-order valence-corrected chi connectivity index (χ3v) is 2.69. The Balaban J connectivity index is 2.69. The van der Waals surface area contributed by atoms with Crippen LogP contribution in [0.15, 0.2) is 29.2 Å². The Morgan fingerprint density at radius 3 is 2.46 bits per heavy atom. The van der Waals surface area contributed by atoms with E-state index >= 15 is 0 Å². The van der Waals surface area contributed by atoms with Crippen LogP contribution in [0, 0.1) is 0 Å². The molecule has 0 fully saturated rings. The first-order valence-corrected chi connectivity index (χ1v) is 5.37. The van der Waals surface area contributed by atoms with Gasteiger partial charge < -0.3 is 10.8 Å².